The Balaban J connectivity index is 2.34. The molecule has 2 rings (SSSR count). The normalized spacial score (nSPS) is 20.9. The summed E-state index contributed by atoms with van der Waals surface area (Å²) < 4.78 is 0. The fourth-order valence-electron chi connectivity index (χ4n) is 2.84. The minimum atomic E-state index is -0.201. The minimum Gasteiger partial charge on any atom is -0.395 e. The summed E-state index contributed by atoms with van der Waals surface area (Å²) in [5, 5.41) is 11.4. The van der Waals surface area contributed by atoms with E-state index in [4.69, 9.17) is 5.11 Å². The molecule has 1 heterocycles. The van der Waals surface area contributed by atoms with Gasteiger partial charge in [-0.2, -0.15) is 0 Å². The number of hydrogen-bond acceptors (Lipinski definition) is 3. The average molecular weight is 290 g/mol. The lowest BCUT2D eigenvalue weighted by atomic mass is 9.87. The van der Waals surface area contributed by atoms with Gasteiger partial charge in [0.25, 0.3) is 5.91 Å². The molecule has 1 aliphatic heterocycles. The molecule has 2 N–H and O–H groups in total. The van der Waals surface area contributed by atoms with Gasteiger partial charge in [0.15, 0.2) is 0 Å². The molecule has 5 heteroatoms. The van der Waals surface area contributed by atoms with E-state index < -0.39 is 0 Å². The van der Waals surface area contributed by atoms with Crippen LogP contribution in [0.15, 0.2) is 18.2 Å². The molecule has 0 bridgehead atoms. The zero-order valence-corrected chi connectivity index (χ0v) is 12.7. The molecule has 0 aliphatic carbocycles. The Bertz CT molecular complexity index is 556. The Morgan fingerprint density at radius 1 is 1.38 bits per heavy atom. The Kier molecular flexibility index (Phi) is 4.63. The molecule has 0 unspecified atom stereocenters. The van der Waals surface area contributed by atoms with Crippen molar-refractivity contribution in [3.05, 3.63) is 29.3 Å². The molecule has 1 aromatic rings. The number of amides is 2. The first-order chi connectivity index (χ1) is 9.95. The summed E-state index contributed by atoms with van der Waals surface area (Å²) in [6.45, 7) is 5.89. The van der Waals surface area contributed by atoms with Crippen molar-refractivity contribution in [3.8, 4) is 0 Å². The molecule has 0 spiro atoms. The van der Waals surface area contributed by atoms with E-state index in [0.29, 0.717) is 11.5 Å². The van der Waals surface area contributed by atoms with E-state index in [1.165, 1.54) is 0 Å². The number of carbonyl (C=O) groups is 2. The largest absolute Gasteiger partial charge is 0.395 e. The number of benzene rings is 1. The molecule has 0 fully saturated rings. The van der Waals surface area contributed by atoms with Gasteiger partial charge < -0.3 is 15.3 Å². The van der Waals surface area contributed by atoms with Crippen molar-refractivity contribution in [1.29, 1.82) is 0 Å². The standard InChI is InChI=1S/C16H22N2O3/c1-10-8-14-9-13(16(21)17-6-7-19)4-5-15(14)18(11(10)2)12(3)20/h4-5,9-11,19H,6-8H2,1-3H3,(H,17,21)/t10-,11+/m1/s1. The Morgan fingerprint density at radius 3 is 2.71 bits per heavy atom. The van der Waals surface area contributed by atoms with Crippen LogP contribution in [0.1, 0.15) is 36.7 Å². The number of aliphatic hydroxyl groups excluding tert-OH is 1. The predicted octanol–water partition coefficient (Wildman–Crippen LogP) is 1.34. The van der Waals surface area contributed by atoms with E-state index in [2.05, 4.69) is 19.2 Å². The molecular weight excluding hydrogens is 268 g/mol. The highest BCUT2D eigenvalue weighted by molar-refractivity contribution is 5.97. The number of hydrogen-bond donors (Lipinski definition) is 2. The Hall–Kier alpha value is -1.88. The third kappa shape index (κ3) is 3.08. The van der Waals surface area contributed by atoms with Crippen LogP contribution in [0.2, 0.25) is 0 Å². The van der Waals surface area contributed by atoms with Crippen molar-refractivity contribution in [2.45, 2.75) is 33.2 Å². The second kappa shape index (κ2) is 6.26. The van der Waals surface area contributed by atoms with E-state index in [1.54, 1.807) is 17.9 Å². The third-order valence-electron chi connectivity index (χ3n) is 4.11. The van der Waals surface area contributed by atoms with E-state index in [0.717, 1.165) is 17.7 Å². The van der Waals surface area contributed by atoms with E-state index in [-0.39, 0.29) is 31.0 Å². The lowest BCUT2D eigenvalue weighted by Gasteiger charge is -2.39. The molecule has 0 aromatic heterocycles. The van der Waals surface area contributed by atoms with Crippen LogP contribution in [0.25, 0.3) is 0 Å². The van der Waals surface area contributed by atoms with Crippen molar-refractivity contribution in [2.75, 3.05) is 18.1 Å². The number of carbonyl (C=O) groups excluding carboxylic acids is 2. The molecule has 5 nitrogen and oxygen atoms in total. The summed E-state index contributed by atoms with van der Waals surface area (Å²) >= 11 is 0. The molecule has 2 atom stereocenters. The van der Waals surface area contributed by atoms with E-state index in [9.17, 15) is 9.59 Å². The topological polar surface area (TPSA) is 69.6 Å². The molecular formula is C16H22N2O3. The van der Waals surface area contributed by atoms with E-state index >= 15 is 0 Å². The lowest BCUT2D eigenvalue weighted by molar-refractivity contribution is -0.117. The first-order valence-electron chi connectivity index (χ1n) is 7.27. The van der Waals surface area contributed by atoms with Gasteiger partial charge in [0.05, 0.1) is 6.61 Å². The molecule has 1 aromatic carbocycles. The summed E-state index contributed by atoms with van der Waals surface area (Å²) in [4.78, 5) is 25.6. The van der Waals surface area contributed by atoms with Crippen molar-refractivity contribution in [3.63, 3.8) is 0 Å². The zero-order valence-electron chi connectivity index (χ0n) is 12.7. The molecule has 0 saturated carbocycles. The minimum absolute atomic E-state index is 0.0211. The number of nitrogens with zero attached hydrogens (tertiary/aromatic N) is 1. The fourth-order valence-corrected chi connectivity index (χ4v) is 2.84. The fraction of sp³-hybridized carbons (Fsp3) is 0.500. The van der Waals surface area contributed by atoms with Crippen molar-refractivity contribution in [1.82, 2.24) is 5.32 Å². The van der Waals surface area contributed by atoms with Crippen LogP contribution in [0.3, 0.4) is 0 Å². The first-order valence-corrected chi connectivity index (χ1v) is 7.27. The second-order valence-corrected chi connectivity index (χ2v) is 5.63. The number of anilines is 1. The van der Waals surface area contributed by atoms with Gasteiger partial charge >= 0.3 is 0 Å². The van der Waals surface area contributed by atoms with Gasteiger partial charge in [-0.15, -0.1) is 0 Å². The molecule has 114 valence electrons. The maximum Gasteiger partial charge on any atom is 0.251 e. The van der Waals surface area contributed by atoms with Gasteiger partial charge in [0, 0.05) is 30.8 Å². The summed E-state index contributed by atoms with van der Waals surface area (Å²) in [6.07, 6.45) is 0.849. The summed E-state index contributed by atoms with van der Waals surface area (Å²) in [5.41, 5.74) is 2.48. The highest BCUT2D eigenvalue weighted by Gasteiger charge is 2.31. The Morgan fingerprint density at radius 2 is 2.10 bits per heavy atom. The number of aliphatic hydroxyl groups is 1. The van der Waals surface area contributed by atoms with Crippen LogP contribution in [0.5, 0.6) is 0 Å². The van der Waals surface area contributed by atoms with Crippen molar-refractivity contribution < 1.29 is 14.7 Å². The van der Waals surface area contributed by atoms with Crippen LogP contribution in [-0.2, 0) is 11.2 Å². The highest BCUT2D eigenvalue weighted by atomic mass is 16.3. The van der Waals surface area contributed by atoms with Gasteiger partial charge in [-0.1, -0.05) is 6.92 Å². The number of rotatable bonds is 3. The monoisotopic (exact) mass is 290 g/mol. The van der Waals surface area contributed by atoms with Crippen molar-refractivity contribution >= 4 is 17.5 Å². The SMILES string of the molecule is CC(=O)N1c2ccc(C(=O)NCCO)cc2C[C@@H](C)[C@@H]1C. The molecule has 1 aliphatic rings. The van der Waals surface area contributed by atoms with Gasteiger partial charge in [-0.05, 0) is 43.0 Å². The zero-order chi connectivity index (χ0) is 15.6. The molecule has 2 amide bonds. The smallest absolute Gasteiger partial charge is 0.251 e. The predicted molar refractivity (Wildman–Crippen MR) is 81.4 cm³/mol. The van der Waals surface area contributed by atoms with Crippen LogP contribution in [-0.4, -0.2) is 36.1 Å². The van der Waals surface area contributed by atoms with Crippen LogP contribution < -0.4 is 10.2 Å². The first kappa shape index (κ1) is 15.5. The summed E-state index contributed by atoms with van der Waals surface area (Å²) in [6, 6.07) is 5.57. The number of fused-ring (bicyclic) bond motifs is 1. The van der Waals surface area contributed by atoms with Gasteiger partial charge in [0.1, 0.15) is 0 Å². The quantitative estimate of drug-likeness (QED) is 0.882. The van der Waals surface area contributed by atoms with Crippen molar-refractivity contribution in [2.24, 2.45) is 5.92 Å². The van der Waals surface area contributed by atoms with Gasteiger partial charge in [0.2, 0.25) is 5.91 Å². The maximum atomic E-state index is 11.9. The number of nitrogens with one attached hydrogen (secondary N) is 1. The summed E-state index contributed by atoms with van der Waals surface area (Å²) in [7, 11) is 0. The maximum absolute atomic E-state index is 11.9. The van der Waals surface area contributed by atoms with Crippen LogP contribution in [0, 0.1) is 5.92 Å². The van der Waals surface area contributed by atoms with Crippen LogP contribution in [0.4, 0.5) is 5.69 Å². The van der Waals surface area contributed by atoms with E-state index in [1.807, 2.05) is 12.1 Å². The van der Waals surface area contributed by atoms with Gasteiger partial charge in [-0.3, -0.25) is 9.59 Å². The summed E-state index contributed by atoms with van der Waals surface area (Å²) in [5.74, 6) is 0.164. The van der Waals surface area contributed by atoms with Gasteiger partial charge in [-0.25, -0.2) is 0 Å². The average Bonchev–Trinajstić information content (AvgIpc) is 2.45. The Labute approximate surface area is 125 Å². The highest BCUT2D eigenvalue weighted by Crippen LogP contribution is 2.34. The van der Waals surface area contributed by atoms with Crippen LogP contribution >= 0.6 is 0 Å². The molecule has 0 radical (unpaired) electrons. The lowest BCUT2D eigenvalue weighted by Crippen LogP contribution is -2.45. The third-order valence-corrected chi connectivity index (χ3v) is 4.11. The second-order valence-electron chi connectivity index (χ2n) is 5.63. The molecule has 21 heavy (non-hydrogen) atoms. The molecule has 0 saturated heterocycles.